The Kier molecular flexibility index (Phi) is 5.07. The molecule has 1 saturated heterocycles. The average molecular weight is 445 g/mol. The molecule has 166 valence electrons. The lowest BCUT2D eigenvalue weighted by atomic mass is 9.67. The molecule has 34 heavy (non-hydrogen) atoms. The molecular weight excluding hydrogens is 420 g/mol. The monoisotopic (exact) mass is 444 g/mol. The summed E-state index contributed by atoms with van der Waals surface area (Å²) in [5, 5.41) is 21.2. The second kappa shape index (κ2) is 7.97. The topological polar surface area (TPSA) is 80.8 Å². The average Bonchev–Trinajstić information content (AvgIpc) is 3.14. The summed E-state index contributed by atoms with van der Waals surface area (Å²) in [5.41, 5.74) is 4.58. The lowest BCUT2D eigenvalue weighted by Gasteiger charge is -2.35. The minimum absolute atomic E-state index is 0.104. The number of aromatic nitrogens is 1. The molecule has 0 amide bonds. The number of hydrogen-bond acceptors (Lipinski definition) is 5. The third-order valence-electron chi connectivity index (χ3n) is 7.15. The van der Waals surface area contributed by atoms with Crippen molar-refractivity contribution in [2.75, 3.05) is 4.90 Å². The molecule has 3 aromatic rings. The third kappa shape index (κ3) is 2.98. The maximum absolute atomic E-state index is 14.2. The van der Waals surface area contributed by atoms with Crippen molar-refractivity contribution < 1.29 is 4.79 Å². The Morgan fingerprint density at radius 1 is 1.00 bits per heavy atom. The van der Waals surface area contributed by atoms with Gasteiger partial charge in [0.1, 0.15) is 6.04 Å². The third-order valence-corrected chi connectivity index (χ3v) is 7.15. The van der Waals surface area contributed by atoms with E-state index in [1.807, 2.05) is 68.2 Å². The predicted octanol–water partition coefficient (Wildman–Crippen LogP) is 5.29. The van der Waals surface area contributed by atoms with Gasteiger partial charge in [0, 0.05) is 17.7 Å². The lowest BCUT2D eigenvalue weighted by molar-refractivity contribution is 0.0951. The molecule has 0 bridgehead atoms. The van der Waals surface area contributed by atoms with Crippen LogP contribution in [0.1, 0.15) is 44.2 Å². The van der Waals surface area contributed by atoms with Gasteiger partial charge in [-0.3, -0.25) is 9.78 Å². The number of benzene rings is 2. The normalized spacial score (nSPS) is 21.8. The van der Waals surface area contributed by atoms with Crippen LogP contribution in [0.4, 0.5) is 5.69 Å². The highest BCUT2D eigenvalue weighted by molar-refractivity contribution is 6.04. The molecule has 5 heteroatoms. The molecule has 3 heterocycles. The first-order valence-electron chi connectivity index (χ1n) is 11.3. The first kappa shape index (κ1) is 21.6. The highest BCUT2D eigenvalue weighted by Crippen LogP contribution is 2.56. The Bertz CT molecular complexity index is 1370. The zero-order valence-corrected chi connectivity index (χ0v) is 19.4. The van der Waals surface area contributed by atoms with Gasteiger partial charge in [-0.05, 0) is 55.7 Å². The van der Waals surface area contributed by atoms with Crippen LogP contribution in [-0.4, -0.2) is 22.9 Å². The summed E-state index contributed by atoms with van der Waals surface area (Å²) in [5.74, 6) is -0.746. The van der Waals surface area contributed by atoms with Crippen molar-refractivity contribution in [3.05, 3.63) is 100 Å². The zero-order chi connectivity index (χ0) is 24.0. The Hall–Kier alpha value is -4.22. The molecule has 0 radical (unpaired) electrons. The molecule has 0 unspecified atom stereocenters. The van der Waals surface area contributed by atoms with Crippen LogP contribution in [0.2, 0.25) is 0 Å². The summed E-state index contributed by atoms with van der Waals surface area (Å²) in [7, 11) is 0. The van der Waals surface area contributed by atoms with E-state index in [9.17, 15) is 15.3 Å². The molecule has 5 rings (SSSR count). The number of aryl methyl sites for hydroxylation is 3. The smallest absolute Gasteiger partial charge is 0.185 e. The quantitative estimate of drug-likeness (QED) is 0.513. The number of anilines is 1. The number of nitriles is 2. The minimum Gasteiger partial charge on any atom is -0.349 e. The van der Waals surface area contributed by atoms with E-state index in [4.69, 9.17) is 0 Å². The van der Waals surface area contributed by atoms with Crippen molar-refractivity contribution in [1.29, 1.82) is 10.5 Å². The fourth-order valence-electron chi connectivity index (χ4n) is 5.88. The highest BCUT2D eigenvalue weighted by Gasteiger charge is 2.64. The summed E-state index contributed by atoms with van der Waals surface area (Å²) in [6.45, 7) is 6.03. The van der Waals surface area contributed by atoms with Gasteiger partial charge in [0.2, 0.25) is 0 Å². The van der Waals surface area contributed by atoms with Crippen LogP contribution in [0.3, 0.4) is 0 Å². The minimum atomic E-state index is -1.45. The molecular formula is C29H24N4O. The first-order chi connectivity index (χ1) is 16.4. The van der Waals surface area contributed by atoms with Gasteiger partial charge in [-0.2, -0.15) is 10.5 Å². The Morgan fingerprint density at radius 3 is 2.32 bits per heavy atom. The molecule has 2 aliphatic heterocycles. The lowest BCUT2D eigenvalue weighted by Crippen LogP contribution is -2.44. The summed E-state index contributed by atoms with van der Waals surface area (Å²) in [4.78, 5) is 20.6. The fourth-order valence-corrected chi connectivity index (χ4v) is 5.88. The van der Waals surface area contributed by atoms with Crippen molar-refractivity contribution in [2.45, 2.75) is 38.8 Å². The number of rotatable bonds is 3. The number of carbonyl (C=O) groups is 1. The van der Waals surface area contributed by atoms with Gasteiger partial charge in [-0.25, -0.2) is 0 Å². The molecule has 0 saturated carbocycles. The van der Waals surface area contributed by atoms with E-state index >= 15 is 0 Å². The van der Waals surface area contributed by atoms with Crippen LogP contribution in [0.25, 0.3) is 6.08 Å². The molecule has 2 aromatic carbocycles. The molecule has 0 aliphatic carbocycles. The van der Waals surface area contributed by atoms with Crippen molar-refractivity contribution in [3.63, 3.8) is 0 Å². The predicted molar refractivity (Wildman–Crippen MR) is 131 cm³/mol. The van der Waals surface area contributed by atoms with Gasteiger partial charge in [0.15, 0.2) is 11.2 Å². The van der Waals surface area contributed by atoms with Crippen molar-refractivity contribution in [1.82, 2.24) is 4.98 Å². The highest BCUT2D eigenvalue weighted by atomic mass is 16.1. The van der Waals surface area contributed by atoms with Crippen LogP contribution < -0.4 is 4.90 Å². The molecule has 2 aliphatic rings. The molecule has 3 atom stereocenters. The number of fused-ring (bicyclic) bond motifs is 3. The summed E-state index contributed by atoms with van der Waals surface area (Å²) in [6.07, 6.45) is 5.44. The molecule has 0 spiro atoms. The molecule has 1 fully saturated rings. The van der Waals surface area contributed by atoms with E-state index in [0.29, 0.717) is 5.56 Å². The maximum atomic E-state index is 14.2. The van der Waals surface area contributed by atoms with E-state index < -0.39 is 23.4 Å². The maximum Gasteiger partial charge on any atom is 0.185 e. The van der Waals surface area contributed by atoms with E-state index in [0.717, 1.165) is 33.6 Å². The van der Waals surface area contributed by atoms with Gasteiger partial charge in [0.25, 0.3) is 0 Å². The van der Waals surface area contributed by atoms with Gasteiger partial charge >= 0.3 is 0 Å². The van der Waals surface area contributed by atoms with E-state index in [2.05, 4.69) is 29.3 Å². The Balaban J connectivity index is 1.84. The van der Waals surface area contributed by atoms with E-state index in [1.165, 1.54) is 0 Å². The SMILES string of the molecule is Cc1cc(C)c([C@@H]2[C@H](C(=O)c3ccccc3)N3c4cccnc4C=C[C@@H]3C2(C#N)C#N)c(C)c1. The van der Waals surface area contributed by atoms with Crippen LogP contribution in [0.15, 0.2) is 66.9 Å². The van der Waals surface area contributed by atoms with Crippen molar-refractivity contribution >= 4 is 17.5 Å². The number of carbonyl (C=O) groups excluding carboxylic acids is 1. The van der Waals surface area contributed by atoms with Crippen molar-refractivity contribution in [2.24, 2.45) is 5.41 Å². The van der Waals surface area contributed by atoms with Gasteiger partial charge in [-0.15, -0.1) is 0 Å². The molecule has 1 aromatic heterocycles. The Labute approximate surface area is 199 Å². The van der Waals surface area contributed by atoms with Crippen LogP contribution >= 0.6 is 0 Å². The summed E-state index contributed by atoms with van der Waals surface area (Å²) >= 11 is 0. The summed E-state index contributed by atoms with van der Waals surface area (Å²) in [6, 6.07) is 20.5. The van der Waals surface area contributed by atoms with Crippen molar-refractivity contribution in [3.8, 4) is 12.1 Å². The van der Waals surface area contributed by atoms with Gasteiger partial charge < -0.3 is 4.90 Å². The standard InChI is InChI=1S/C29H24N4O/c1-18-14-19(2)25(20(3)15-18)26-27(28(34)21-8-5-4-6-9-21)33-23-10-7-13-32-22(23)11-12-24(33)29(26,16-30)17-31/h4-15,24,26-27H,1-3H3/t24-,26-,27-/m1/s1. The summed E-state index contributed by atoms with van der Waals surface area (Å²) < 4.78 is 0. The molecule has 5 nitrogen and oxygen atoms in total. The number of nitrogens with zero attached hydrogens (tertiary/aromatic N) is 4. The van der Waals surface area contributed by atoms with Crippen LogP contribution in [-0.2, 0) is 0 Å². The van der Waals surface area contributed by atoms with E-state index in [1.54, 1.807) is 18.3 Å². The molecule has 0 N–H and O–H groups in total. The fraction of sp³-hybridized carbons (Fsp3) is 0.241. The van der Waals surface area contributed by atoms with Crippen LogP contribution in [0, 0.1) is 48.8 Å². The Morgan fingerprint density at radius 2 is 1.68 bits per heavy atom. The van der Waals surface area contributed by atoms with Gasteiger partial charge in [-0.1, -0.05) is 54.1 Å². The van der Waals surface area contributed by atoms with Crippen LogP contribution in [0.5, 0.6) is 0 Å². The number of ketones is 1. The number of hydrogen-bond donors (Lipinski definition) is 0. The number of pyridine rings is 1. The zero-order valence-electron chi connectivity index (χ0n) is 19.4. The first-order valence-corrected chi connectivity index (χ1v) is 11.3. The second-order valence-electron chi connectivity index (χ2n) is 9.18. The largest absolute Gasteiger partial charge is 0.349 e. The van der Waals surface area contributed by atoms with Gasteiger partial charge in [0.05, 0.1) is 29.6 Å². The second-order valence-corrected chi connectivity index (χ2v) is 9.18. The van der Waals surface area contributed by atoms with E-state index in [-0.39, 0.29) is 5.78 Å². The number of Topliss-reactive ketones (excluding diaryl/α,β-unsaturated/α-hetero) is 1.